The van der Waals surface area contributed by atoms with Crippen LogP contribution in [0.5, 0.6) is 5.75 Å². The molecule has 6 aromatic carbocycles. The van der Waals surface area contributed by atoms with Gasteiger partial charge in [-0.05, 0) is 104 Å². The van der Waals surface area contributed by atoms with Gasteiger partial charge in [0.15, 0.2) is 11.2 Å². The molecule has 1 aliphatic carbocycles. The molecule has 10 heteroatoms. The van der Waals surface area contributed by atoms with Crippen LogP contribution in [0, 0.1) is 5.92 Å². The number of carbonyl (C=O) groups excluding carboxylic acids is 2. The van der Waals surface area contributed by atoms with Crippen LogP contribution in [-0.4, -0.2) is 54.1 Å². The molecule has 0 unspecified atom stereocenters. The first-order valence-electron chi connectivity index (χ1n) is 25.4. The largest absolute Gasteiger partial charge is 0.472 e. The van der Waals surface area contributed by atoms with E-state index in [9.17, 15) is 19.2 Å². The molecule has 0 radical (unpaired) electrons. The zero-order valence-corrected chi connectivity index (χ0v) is 40.7. The second kappa shape index (κ2) is 20.5. The number of aromatic nitrogens is 1. The van der Waals surface area contributed by atoms with E-state index >= 15 is 0 Å². The third kappa shape index (κ3) is 9.47. The van der Waals surface area contributed by atoms with E-state index in [1.807, 2.05) is 120 Å². The van der Waals surface area contributed by atoms with Gasteiger partial charge in [-0.3, -0.25) is 9.59 Å². The number of hydrogen-bond acceptors (Lipinski definition) is 8. The van der Waals surface area contributed by atoms with Crippen molar-refractivity contribution in [2.75, 3.05) is 37.7 Å². The molecule has 1 aromatic heterocycles. The molecular formula is C61H61N3O7. The van der Waals surface area contributed by atoms with Gasteiger partial charge in [0.1, 0.15) is 12.4 Å². The summed E-state index contributed by atoms with van der Waals surface area (Å²) in [5.74, 6) is 0.504. The quantitative estimate of drug-likeness (QED) is 0.0459. The van der Waals surface area contributed by atoms with Gasteiger partial charge in [0, 0.05) is 70.5 Å². The van der Waals surface area contributed by atoms with Crippen LogP contribution in [-0.2, 0) is 21.7 Å². The molecule has 0 bridgehead atoms. The van der Waals surface area contributed by atoms with Crippen molar-refractivity contribution in [3.05, 3.63) is 194 Å². The minimum absolute atomic E-state index is 0.00838. The third-order valence-corrected chi connectivity index (χ3v) is 15.0. The maximum absolute atomic E-state index is 14.6. The third-order valence-electron chi connectivity index (χ3n) is 15.0. The summed E-state index contributed by atoms with van der Waals surface area (Å²) in [5, 5.41) is 1.37. The number of unbranched alkanes of at least 4 members (excludes halogenated alkanes) is 2. The molecule has 3 heterocycles. The Kier molecular flexibility index (Phi) is 13.6. The lowest BCUT2D eigenvalue weighted by molar-refractivity contribution is -0.139. The van der Waals surface area contributed by atoms with E-state index in [1.165, 1.54) is 63.9 Å². The highest BCUT2D eigenvalue weighted by atomic mass is 16.5. The van der Waals surface area contributed by atoms with Gasteiger partial charge in [-0.15, -0.1) is 0 Å². The van der Waals surface area contributed by atoms with Crippen molar-refractivity contribution >= 4 is 45.4 Å². The summed E-state index contributed by atoms with van der Waals surface area (Å²) in [5.41, 5.74) is 6.14. The number of rotatable bonds is 14. The predicted molar refractivity (Wildman–Crippen MR) is 282 cm³/mol. The van der Waals surface area contributed by atoms with Crippen LogP contribution in [0.4, 0.5) is 5.69 Å². The standard InChI is InChI=1S/C61H61N3O7/c1-4-5-8-13-42-18-20-43(21-19-42)44-22-24-45(25-23-44)46-26-28-47(29-27-46)57(65)63-36-34-62(35-37-63)50-30-31-51-53(40-50)56-54(58(66)64(60(68)70-56)38-39-69-59(67)41(2)3)52-32-33-61(71-55(51)52,48-14-9-6-10-15-48)49-16-11-7-12-17-49/h6-7,9-12,14-17,22-33,40,42-43H,2,4-5,8,13,18-21,34-39H2,1,3H3. The lowest BCUT2D eigenvalue weighted by atomic mass is 9.77. The number of anilines is 1. The summed E-state index contributed by atoms with van der Waals surface area (Å²) in [4.78, 5) is 58.5. The Balaban J connectivity index is 0.894. The lowest BCUT2D eigenvalue weighted by Gasteiger charge is -2.37. The first-order valence-corrected chi connectivity index (χ1v) is 25.4. The van der Waals surface area contributed by atoms with Crippen molar-refractivity contribution in [3.63, 3.8) is 0 Å². The summed E-state index contributed by atoms with van der Waals surface area (Å²) in [7, 11) is 0. The number of ether oxygens (including phenoxy) is 2. The van der Waals surface area contributed by atoms with Crippen LogP contribution < -0.4 is 21.0 Å². The molecule has 7 aromatic rings. The minimum Gasteiger partial charge on any atom is -0.472 e. The SMILES string of the molecule is C=C(C)C(=O)OCCn1c(=O)oc2c(c3c(c4ccc(N5CCN(C(=O)c6ccc(-c7ccc(C8CCC(CCCCC)CC8)cc7)cc6)CC5)cc42)OC(c2ccccc2)(c2ccccc2)C=C3)c1=O. The van der Waals surface area contributed by atoms with Crippen molar-refractivity contribution in [1.29, 1.82) is 0 Å². The van der Waals surface area contributed by atoms with Crippen molar-refractivity contribution in [2.24, 2.45) is 5.92 Å². The number of nitrogens with zero attached hydrogens (tertiary/aromatic N) is 3. The molecule has 10 nitrogen and oxygen atoms in total. The number of fused-ring (bicyclic) bond motifs is 6. The Bertz CT molecular complexity index is 3190. The Morgan fingerprint density at radius 1 is 0.761 bits per heavy atom. The maximum Gasteiger partial charge on any atom is 0.422 e. The lowest BCUT2D eigenvalue weighted by Crippen LogP contribution is -2.48. The van der Waals surface area contributed by atoms with Gasteiger partial charge in [-0.25, -0.2) is 14.2 Å². The Labute approximate surface area is 414 Å². The predicted octanol–water partition coefficient (Wildman–Crippen LogP) is 12.1. The highest BCUT2D eigenvalue weighted by molar-refractivity contribution is 6.12. The van der Waals surface area contributed by atoms with Crippen LogP contribution in [0.25, 0.3) is 38.9 Å². The fourth-order valence-corrected chi connectivity index (χ4v) is 10.9. The van der Waals surface area contributed by atoms with Gasteiger partial charge in [-0.2, -0.15) is 0 Å². The number of piperazine rings is 1. The molecule has 10 rings (SSSR count). The highest BCUT2D eigenvalue weighted by Gasteiger charge is 2.39. The zero-order chi connectivity index (χ0) is 49.1. The summed E-state index contributed by atoms with van der Waals surface area (Å²) in [6.07, 6.45) is 14.5. The molecule has 2 aliphatic heterocycles. The van der Waals surface area contributed by atoms with Gasteiger partial charge < -0.3 is 23.7 Å². The Morgan fingerprint density at radius 3 is 2.04 bits per heavy atom. The molecule has 362 valence electrons. The van der Waals surface area contributed by atoms with E-state index in [-0.39, 0.29) is 35.6 Å². The van der Waals surface area contributed by atoms with E-state index in [4.69, 9.17) is 13.9 Å². The molecule has 2 fully saturated rings. The van der Waals surface area contributed by atoms with Crippen molar-refractivity contribution in [1.82, 2.24) is 9.47 Å². The van der Waals surface area contributed by atoms with E-state index in [2.05, 4.69) is 42.7 Å². The van der Waals surface area contributed by atoms with Crippen LogP contribution in [0.15, 0.2) is 160 Å². The van der Waals surface area contributed by atoms with Crippen molar-refractivity contribution < 1.29 is 23.5 Å². The number of hydrogen-bond donors (Lipinski definition) is 0. The summed E-state index contributed by atoms with van der Waals surface area (Å²) >= 11 is 0. The summed E-state index contributed by atoms with van der Waals surface area (Å²) in [6.45, 7) is 9.12. The summed E-state index contributed by atoms with van der Waals surface area (Å²) < 4.78 is 19.5. The monoisotopic (exact) mass is 947 g/mol. The molecule has 1 amide bonds. The maximum atomic E-state index is 14.6. The van der Waals surface area contributed by atoms with E-state index in [1.54, 1.807) is 0 Å². The normalized spacial score (nSPS) is 17.4. The fraction of sp³-hybridized carbons (Fsp3) is 0.311. The molecule has 0 N–H and O–H groups in total. The highest BCUT2D eigenvalue weighted by Crippen LogP contribution is 2.48. The first-order chi connectivity index (χ1) is 34.6. The van der Waals surface area contributed by atoms with Crippen LogP contribution in [0.1, 0.15) is 104 Å². The molecule has 71 heavy (non-hydrogen) atoms. The van der Waals surface area contributed by atoms with Crippen molar-refractivity contribution in [2.45, 2.75) is 83.3 Å². The van der Waals surface area contributed by atoms with Gasteiger partial charge in [0.25, 0.3) is 11.5 Å². The average Bonchev–Trinajstić information content (AvgIpc) is 3.42. The zero-order valence-electron chi connectivity index (χ0n) is 40.7. The number of benzene rings is 6. The molecular weight excluding hydrogens is 887 g/mol. The van der Waals surface area contributed by atoms with Gasteiger partial charge in [-0.1, -0.05) is 136 Å². The number of carbonyl (C=O) groups is 2. The molecule has 0 atom stereocenters. The second-order valence-electron chi connectivity index (χ2n) is 19.5. The number of esters is 1. The number of amides is 1. The van der Waals surface area contributed by atoms with Crippen molar-refractivity contribution in [3.8, 4) is 16.9 Å². The van der Waals surface area contributed by atoms with Crippen LogP contribution >= 0.6 is 0 Å². The van der Waals surface area contributed by atoms with Gasteiger partial charge >= 0.3 is 11.7 Å². The molecule has 1 saturated heterocycles. The molecule has 3 aliphatic rings. The van der Waals surface area contributed by atoms with Crippen LogP contribution in [0.3, 0.4) is 0 Å². The van der Waals surface area contributed by atoms with E-state index in [0.29, 0.717) is 59.7 Å². The fourth-order valence-electron chi connectivity index (χ4n) is 10.9. The molecule has 1 saturated carbocycles. The first kappa shape index (κ1) is 47.2. The van der Waals surface area contributed by atoms with Gasteiger partial charge in [0.2, 0.25) is 0 Å². The Hall–Kier alpha value is -7.46. The Morgan fingerprint density at radius 2 is 1.41 bits per heavy atom. The van der Waals surface area contributed by atoms with Gasteiger partial charge in [0.05, 0.1) is 11.9 Å². The minimum atomic E-state index is -1.05. The van der Waals surface area contributed by atoms with Crippen LogP contribution in [0.2, 0.25) is 0 Å². The smallest absolute Gasteiger partial charge is 0.422 e. The topological polar surface area (TPSA) is 111 Å². The summed E-state index contributed by atoms with van der Waals surface area (Å²) in [6, 6.07) is 42.8. The second-order valence-corrected chi connectivity index (χ2v) is 19.5. The van der Waals surface area contributed by atoms with E-state index < -0.39 is 22.9 Å². The average molecular weight is 948 g/mol. The van der Waals surface area contributed by atoms with E-state index in [0.717, 1.165) is 38.4 Å². The molecule has 0 spiro atoms.